The molecule has 0 radical (unpaired) electrons. The third-order valence-electron chi connectivity index (χ3n) is 15.2. The minimum Gasteiger partial charge on any atom is -0.475 e. The number of nitrogens with two attached hydrogens (primary N) is 4. The van der Waals surface area contributed by atoms with Gasteiger partial charge in [0, 0.05) is 6.54 Å². The van der Waals surface area contributed by atoms with Crippen molar-refractivity contribution in [3.8, 4) is 0 Å². The Kier molecular flexibility index (Phi) is 40.3. The van der Waals surface area contributed by atoms with Crippen molar-refractivity contribution in [1.82, 2.24) is 53.2 Å². The number of halogens is 6. The summed E-state index contributed by atoms with van der Waals surface area (Å²) in [5, 5.41) is 82.4. The lowest BCUT2D eigenvalue weighted by atomic mass is 9.90. The Hall–Kier alpha value is -9.55. The van der Waals surface area contributed by atoms with Crippen LogP contribution in [0, 0.1) is 29.6 Å². The Bertz CT molecular complexity index is 3120. The molecule has 0 aliphatic carbocycles. The third-order valence-corrected chi connectivity index (χ3v) is 15.2. The maximum absolute atomic E-state index is 15.4. The molecule has 36 nitrogen and oxygen atoms in total. The molecule has 1 heterocycles. The first-order valence-corrected chi connectivity index (χ1v) is 32.9. The number of benzene rings is 1. The van der Waals surface area contributed by atoms with Crippen molar-refractivity contribution in [3.63, 3.8) is 0 Å². The van der Waals surface area contributed by atoms with Crippen LogP contribution in [0.4, 0.5) is 26.3 Å². The van der Waals surface area contributed by atoms with E-state index in [4.69, 9.17) is 47.5 Å². The van der Waals surface area contributed by atoms with Gasteiger partial charge in [0.15, 0.2) is 24.2 Å². The van der Waals surface area contributed by atoms with Crippen LogP contribution in [0.1, 0.15) is 133 Å². The van der Waals surface area contributed by atoms with Crippen LogP contribution in [-0.2, 0) is 71.9 Å². The number of cyclic esters (lactones) is 1. The number of nitrogens with zero attached hydrogens (tertiary/aromatic N) is 1. The van der Waals surface area contributed by atoms with Crippen molar-refractivity contribution in [2.24, 2.45) is 57.5 Å². The van der Waals surface area contributed by atoms with E-state index in [2.05, 4.69) is 47.5 Å². The summed E-state index contributed by atoms with van der Waals surface area (Å²) in [6.45, 7) is 16.8. The van der Waals surface area contributed by atoms with Crippen LogP contribution in [0.3, 0.4) is 0 Å². The third kappa shape index (κ3) is 34.3. The number of esters is 1. The van der Waals surface area contributed by atoms with Gasteiger partial charge < -0.3 is 111 Å². The van der Waals surface area contributed by atoms with E-state index in [0.29, 0.717) is 0 Å². The second kappa shape index (κ2) is 44.3. The number of ether oxygens (including phenoxy) is 1. The van der Waals surface area contributed by atoms with Crippen molar-refractivity contribution in [1.29, 1.82) is 0 Å². The predicted molar refractivity (Wildman–Crippen MR) is 358 cm³/mol. The normalized spacial score (nSPS) is 23.1. The number of hydrogen-bond acceptors (Lipinski definition) is 21. The Balaban J connectivity index is 0.00000696. The molecule has 42 heteroatoms. The number of aliphatic imine (C=N–C) groups is 1. The van der Waals surface area contributed by atoms with Gasteiger partial charge in [-0.05, 0) is 81.1 Å². The molecule has 0 unspecified atom stereocenters. The Morgan fingerprint density at radius 3 is 1.58 bits per heavy atom. The molecule has 1 aromatic rings. The Labute approximate surface area is 600 Å². The molecule has 1 fully saturated rings. The monoisotopic (exact) mass is 1520 g/mol. The highest BCUT2D eigenvalue weighted by Crippen LogP contribution is 2.26. The van der Waals surface area contributed by atoms with Crippen LogP contribution in [0.25, 0.3) is 0 Å². The van der Waals surface area contributed by atoms with Gasteiger partial charge in [0.2, 0.25) is 65.0 Å². The number of carboxylic acid groups (broad SMARTS) is 2. The van der Waals surface area contributed by atoms with Crippen LogP contribution >= 0.6 is 0 Å². The fourth-order valence-electron chi connectivity index (χ4n) is 9.62. The molecule has 596 valence electrons. The zero-order chi connectivity index (χ0) is 81.5. The summed E-state index contributed by atoms with van der Waals surface area (Å²) in [5.74, 6) is -22.8. The largest absolute Gasteiger partial charge is 0.490 e. The van der Waals surface area contributed by atoms with E-state index in [-0.39, 0.29) is 74.3 Å². The SMILES string of the molecule is CC[C@H](C)[C@@H]1NC(=O)[C@@H](CCCN=C(N)N)NC(=O)[C@H](CC(C)C)NC(=O)[C@H]([C@H](O)C(C)C)NC(=O)[C@@H](NC(=O)[C@H](CC(C)C)NC(=O)[C@@](C)(N)CC(C)C)[C@@H](c2ccccc2)OC(=O)[C@H](CO)NC(=O)[C@H]([C@H](O)C(N)=O)NC(=O)CNC(=O)[C@H]([C@H](C)O)NC1=O.O=C(O)C(F)(F)F.O=C(O)C(F)(F)F. The van der Waals surface area contributed by atoms with Gasteiger partial charge in [-0.3, -0.25) is 57.7 Å². The van der Waals surface area contributed by atoms with Gasteiger partial charge in [0.1, 0.15) is 48.3 Å². The van der Waals surface area contributed by atoms with Crippen LogP contribution in [-0.4, -0.2) is 230 Å². The molecule has 1 aliphatic heterocycles. The first-order chi connectivity index (χ1) is 48.2. The summed E-state index contributed by atoms with van der Waals surface area (Å²) >= 11 is 0. The highest BCUT2D eigenvalue weighted by atomic mass is 19.4. The number of rotatable bonds is 23. The Morgan fingerprint density at radius 1 is 0.638 bits per heavy atom. The van der Waals surface area contributed by atoms with E-state index in [1.165, 1.54) is 51.1 Å². The molecule has 105 heavy (non-hydrogen) atoms. The van der Waals surface area contributed by atoms with E-state index in [9.17, 15) is 99.5 Å². The lowest BCUT2D eigenvalue weighted by Gasteiger charge is -2.34. The van der Waals surface area contributed by atoms with Gasteiger partial charge in [-0.1, -0.05) is 106 Å². The van der Waals surface area contributed by atoms with Crippen LogP contribution in [0.15, 0.2) is 35.3 Å². The highest BCUT2D eigenvalue weighted by molar-refractivity contribution is 6.00. The van der Waals surface area contributed by atoms with E-state index < -0.39 is 205 Å². The minimum atomic E-state index is -5.08. The lowest BCUT2D eigenvalue weighted by molar-refractivity contribution is -0.193. The molecular weight excluding hydrogens is 1420 g/mol. The Morgan fingerprint density at radius 2 is 1.12 bits per heavy atom. The quantitative estimate of drug-likeness (QED) is 0.0164. The van der Waals surface area contributed by atoms with Crippen molar-refractivity contribution in [2.45, 2.75) is 218 Å². The van der Waals surface area contributed by atoms with Crippen LogP contribution in [0.2, 0.25) is 0 Å². The zero-order valence-corrected chi connectivity index (χ0v) is 60.0. The molecule has 0 aromatic heterocycles. The first kappa shape index (κ1) is 95.5. The molecular formula is C63H101F6N15O21. The summed E-state index contributed by atoms with van der Waals surface area (Å²) < 4.78 is 69.4. The fraction of sp³-hybridized carbons (Fsp3) is 0.667. The van der Waals surface area contributed by atoms with Crippen molar-refractivity contribution >= 4 is 88.8 Å². The number of aliphatic carboxylic acids is 2. The average molecular weight is 1520 g/mol. The van der Waals surface area contributed by atoms with Gasteiger partial charge in [-0.25, -0.2) is 14.4 Å². The number of carbonyl (C=O) groups excluding carboxylic acids is 12. The van der Waals surface area contributed by atoms with E-state index in [1.54, 1.807) is 41.5 Å². The topological polar surface area (TPSA) is 606 Å². The molecule has 0 saturated carbocycles. The maximum atomic E-state index is 15.4. The number of nitrogens with one attached hydrogen (secondary N) is 10. The van der Waals surface area contributed by atoms with E-state index >= 15 is 4.79 Å². The molecule has 0 spiro atoms. The molecule has 2 rings (SSSR count). The van der Waals surface area contributed by atoms with E-state index in [0.717, 1.165) is 6.92 Å². The summed E-state index contributed by atoms with van der Waals surface area (Å²) in [4.78, 5) is 192. The van der Waals surface area contributed by atoms with Crippen LogP contribution in [0.5, 0.6) is 0 Å². The standard InChI is InChI=1S/C59H99N15O17.2C2HF3O2/c1-13-31(10)39-52(85)72-40(32(11)76)51(84)65-25-38(77)70-42(45(79)47(60)80)54(87)68-37(26-75)56(89)91-46(33-18-15-14-16-19-33)43(74-50(83)36(23-28(4)5)69-57(90)59(12,63)24-29(6)7)55(88)73-41(44(78)30(8)9)53(86)67-35(22-27(2)3)49(82)66-34(48(81)71-39)20-17-21-64-58(61)62;2*3-2(4,5)1(6)7/h14-16,18-19,27-32,34-37,39-46,75-76,78-79H,13,17,20-26,63H2,1-12H3,(H2,60,80)(H,65,84)(H,66,82)(H,67,86)(H,68,87)(H,69,90)(H,70,77)(H,71,81)(H,72,85)(H,73,88)(H,74,83)(H4,61,62,64);2*(H,6,7)/t31-,32-,34+,35-,36-,37-,39-,40-,41-,42-,43-,44+,45-,46+,59-;;/m0../s1. The average Bonchev–Trinajstić information content (AvgIpc) is 0.818. The molecule has 15 atom stereocenters. The van der Waals surface area contributed by atoms with Crippen molar-refractivity contribution in [3.05, 3.63) is 35.9 Å². The number of alkyl halides is 6. The second-order valence-corrected chi connectivity index (χ2v) is 26.4. The number of carbonyl (C=O) groups is 14. The van der Waals surface area contributed by atoms with E-state index in [1.807, 2.05) is 24.5 Å². The smallest absolute Gasteiger partial charge is 0.475 e. The molecule has 1 aliphatic rings. The minimum absolute atomic E-state index is 0.0455. The first-order valence-electron chi connectivity index (χ1n) is 32.9. The van der Waals surface area contributed by atoms with Gasteiger partial charge in [0.25, 0.3) is 0 Å². The number of aliphatic hydroxyl groups excluding tert-OH is 4. The maximum Gasteiger partial charge on any atom is 0.490 e. The summed E-state index contributed by atoms with van der Waals surface area (Å²) in [7, 11) is 0. The predicted octanol–water partition coefficient (Wildman–Crippen LogP) is -3.78. The summed E-state index contributed by atoms with van der Waals surface area (Å²) in [6.07, 6.45) is -18.3. The zero-order valence-electron chi connectivity index (χ0n) is 60.0. The summed E-state index contributed by atoms with van der Waals surface area (Å²) in [6, 6.07) is -9.68. The summed E-state index contributed by atoms with van der Waals surface area (Å²) in [5.41, 5.74) is 21.3. The molecule has 1 aromatic carbocycles. The van der Waals surface area contributed by atoms with Crippen LogP contribution < -0.4 is 76.1 Å². The fourth-order valence-corrected chi connectivity index (χ4v) is 9.62. The number of aliphatic hydroxyl groups is 4. The van der Waals surface area contributed by atoms with Crippen molar-refractivity contribution in [2.75, 3.05) is 19.7 Å². The van der Waals surface area contributed by atoms with Gasteiger partial charge in [-0.2, -0.15) is 26.3 Å². The molecule has 24 N–H and O–H groups in total. The second-order valence-electron chi connectivity index (χ2n) is 26.4. The van der Waals surface area contributed by atoms with Gasteiger partial charge in [0.05, 0.1) is 30.9 Å². The number of guanidine groups is 1. The lowest BCUT2D eigenvalue weighted by Crippen LogP contribution is -2.64. The van der Waals surface area contributed by atoms with Crippen molar-refractivity contribution < 1.29 is 129 Å². The number of primary amides is 1. The molecule has 0 bridgehead atoms. The number of hydrogen-bond donors (Lipinski definition) is 20. The van der Waals surface area contributed by atoms with Gasteiger partial charge >= 0.3 is 30.3 Å². The molecule has 1 saturated heterocycles. The van der Waals surface area contributed by atoms with Gasteiger partial charge in [-0.15, -0.1) is 0 Å². The number of amides is 11. The molecule has 11 amide bonds. The highest BCUT2D eigenvalue weighted by Gasteiger charge is 2.45. The number of carboxylic acids is 2.